The minimum atomic E-state index is -0.431. The van der Waals surface area contributed by atoms with Crippen molar-refractivity contribution in [3.8, 4) is 22.8 Å². The number of fused-ring (bicyclic) bond motifs is 1. The van der Waals surface area contributed by atoms with Gasteiger partial charge in [-0.15, -0.1) is 0 Å². The van der Waals surface area contributed by atoms with E-state index in [1.807, 2.05) is 30.3 Å². The van der Waals surface area contributed by atoms with Crippen LogP contribution in [0.2, 0.25) is 0 Å². The van der Waals surface area contributed by atoms with Gasteiger partial charge in [-0.1, -0.05) is 18.2 Å². The number of methoxy groups -OCH3 is 3. The average Bonchev–Trinajstić information content (AvgIpc) is 3.03. The van der Waals surface area contributed by atoms with Crippen LogP contribution in [0.25, 0.3) is 22.2 Å². The fourth-order valence-corrected chi connectivity index (χ4v) is 2.60. The molecule has 23 heavy (non-hydrogen) atoms. The van der Waals surface area contributed by atoms with E-state index in [-0.39, 0.29) is 0 Å². The number of H-pyrrole nitrogens is 1. The Balaban J connectivity index is 2.25. The van der Waals surface area contributed by atoms with E-state index in [0.717, 1.165) is 16.6 Å². The molecule has 1 heterocycles. The lowest BCUT2D eigenvalue weighted by Crippen LogP contribution is -2.05. The molecule has 0 aliphatic rings. The molecule has 0 radical (unpaired) electrons. The Morgan fingerprint density at radius 1 is 0.957 bits per heavy atom. The van der Waals surface area contributed by atoms with Crippen molar-refractivity contribution in [1.82, 2.24) is 4.98 Å². The third kappa shape index (κ3) is 2.61. The summed E-state index contributed by atoms with van der Waals surface area (Å²) in [6.45, 7) is 0. The molecule has 118 valence electrons. The van der Waals surface area contributed by atoms with Crippen molar-refractivity contribution in [2.45, 2.75) is 0 Å². The van der Waals surface area contributed by atoms with Crippen LogP contribution in [0.15, 0.2) is 42.5 Å². The topological polar surface area (TPSA) is 60.6 Å². The standard InChI is InChI=1S/C18H17NO4/c1-21-16-9-12(13(18(20)23-3)10-17(16)22-2)15-8-11-6-4-5-7-14(11)19-15/h4-10,19H,1-3H3. The van der Waals surface area contributed by atoms with Gasteiger partial charge in [0.05, 0.1) is 26.9 Å². The van der Waals surface area contributed by atoms with Gasteiger partial charge < -0.3 is 19.2 Å². The van der Waals surface area contributed by atoms with E-state index in [2.05, 4.69) is 4.98 Å². The lowest BCUT2D eigenvalue weighted by atomic mass is 10.0. The summed E-state index contributed by atoms with van der Waals surface area (Å²) in [5, 5.41) is 1.06. The number of esters is 1. The maximum absolute atomic E-state index is 12.2. The second kappa shape index (κ2) is 6.04. The number of nitrogens with one attached hydrogen (secondary N) is 1. The maximum Gasteiger partial charge on any atom is 0.338 e. The molecule has 0 aliphatic heterocycles. The van der Waals surface area contributed by atoms with Crippen LogP contribution in [0.1, 0.15) is 10.4 Å². The maximum atomic E-state index is 12.2. The number of para-hydroxylation sites is 1. The lowest BCUT2D eigenvalue weighted by molar-refractivity contribution is 0.0601. The second-order valence-electron chi connectivity index (χ2n) is 5.01. The third-order valence-corrected chi connectivity index (χ3v) is 3.75. The summed E-state index contributed by atoms with van der Waals surface area (Å²) in [5.74, 6) is 0.598. The van der Waals surface area contributed by atoms with Gasteiger partial charge in [0.25, 0.3) is 0 Å². The molecule has 2 aromatic carbocycles. The molecule has 0 bridgehead atoms. The highest BCUT2D eigenvalue weighted by atomic mass is 16.5. The van der Waals surface area contributed by atoms with Gasteiger partial charge in [0.15, 0.2) is 11.5 Å². The molecule has 5 nitrogen and oxygen atoms in total. The summed E-state index contributed by atoms with van der Waals surface area (Å²) in [5.41, 5.74) is 2.92. The zero-order valence-corrected chi connectivity index (χ0v) is 13.2. The van der Waals surface area contributed by atoms with Gasteiger partial charge in [-0.05, 0) is 24.3 Å². The fraction of sp³-hybridized carbons (Fsp3) is 0.167. The zero-order chi connectivity index (χ0) is 16.4. The SMILES string of the molecule is COC(=O)c1cc(OC)c(OC)cc1-c1cc2ccccc2[nH]1. The Hall–Kier alpha value is -2.95. The monoisotopic (exact) mass is 311 g/mol. The fourth-order valence-electron chi connectivity index (χ4n) is 2.60. The van der Waals surface area contributed by atoms with Gasteiger partial charge in [0.2, 0.25) is 0 Å². The Bertz CT molecular complexity index is 834. The minimum Gasteiger partial charge on any atom is -0.493 e. The minimum absolute atomic E-state index is 0.414. The molecule has 0 amide bonds. The van der Waals surface area contributed by atoms with E-state index in [1.54, 1.807) is 19.2 Å². The number of carbonyl (C=O) groups is 1. The van der Waals surface area contributed by atoms with Crippen molar-refractivity contribution >= 4 is 16.9 Å². The van der Waals surface area contributed by atoms with Gasteiger partial charge >= 0.3 is 5.97 Å². The Labute approximate surface area is 133 Å². The number of aromatic amines is 1. The zero-order valence-electron chi connectivity index (χ0n) is 13.2. The lowest BCUT2D eigenvalue weighted by Gasteiger charge is -2.13. The van der Waals surface area contributed by atoms with Crippen molar-refractivity contribution in [2.75, 3.05) is 21.3 Å². The van der Waals surface area contributed by atoms with E-state index in [1.165, 1.54) is 14.2 Å². The van der Waals surface area contributed by atoms with Crippen LogP contribution in [0, 0.1) is 0 Å². The first-order valence-corrected chi connectivity index (χ1v) is 7.10. The van der Waals surface area contributed by atoms with E-state index in [0.29, 0.717) is 22.6 Å². The highest BCUT2D eigenvalue weighted by molar-refractivity contribution is 5.99. The number of hydrogen-bond donors (Lipinski definition) is 1. The quantitative estimate of drug-likeness (QED) is 0.747. The highest BCUT2D eigenvalue weighted by Gasteiger charge is 2.19. The van der Waals surface area contributed by atoms with Crippen LogP contribution >= 0.6 is 0 Å². The van der Waals surface area contributed by atoms with Crippen LogP contribution in [-0.4, -0.2) is 32.3 Å². The molecule has 0 aliphatic carbocycles. The van der Waals surface area contributed by atoms with Crippen LogP contribution in [0.5, 0.6) is 11.5 Å². The largest absolute Gasteiger partial charge is 0.493 e. The van der Waals surface area contributed by atoms with Gasteiger partial charge in [-0.3, -0.25) is 0 Å². The van der Waals surface area contributed by atoms with Crippen LogP contribution < -0.4 is 9.47 Å². The summed E-state index contributed by atoms with van der Waals surface area (Å²) in [6, 6.07) is 13.3. The first-order valence-electron chi connectivity index (χ1n) is 7.10. The molecule has 0 fully saturated rings. The van der Waals surface area contributed by atoms with Crippen molar-refractivity contribution in [1.29, 1.82) is 0 Å². The smallest absolute Gasteiger partial charge is 0.338 e. The number of aromatic nitrogens is 1. The average molecular weight is 311 g/mol. The number of carbonyl (C=O) groups excluding carboxylic acids is 1. The third-order valence-electron chi connectivity index (χ3n) is 3.75. The molecule has 0 atom stereocenters. The molecule has 0 spiro atoms. The van der Waals surface area contributed by atoms with Gasteiger partial charge in [0.1, 0.15) is 0 Å². The molecule has 0 unspecified atom stereocenters. The number of rotatable bonds is 4. The van der Waals surface area contributed by atoms with E-state index in [9.17, 15) is 4.79 Å². The molecule has 0 saturated carbocycles. The number of hydrogen-bond acceptors (Lipinski definition) is 4. The molecule has 0 saturated heterocycles. The molecular weight excluding hydrogens is 294 g/mol. The predicted octanol–water partition coefficient (Wildman–Crippen LogP) is 3.64. The second-order valence-corrected chi connectivity index (χ2v) is 5.01. The van der Waals surface area contributed by atoms with Gasteiger partial charge in [-0.2, -0.15) is 0 Å². The molecule has 3 rings (SSSR count). The summed E-state index contributed by atoms with van der Waals surface area (Å²) in [6.07, 6.45) is 0. The van der Waals surface area contributed by atoms with Gasteiger partial charge in [0, 0.05) is 22.2 Å². The van der Waals surface area contributed by atoms with Crippen molar-refractivity contribution < 1.29 is 19.0 Å². The van der Waals surface area contributed by atoms with Crippen molar-refractivity contribution in [3.05, 3.63) is 48.0 Å². The van der Waals surface area contributed by atoms with E-state index in [4.69, 9.17) is 14.2 Å². The molecule has 1 N–H and O–H groups in total. The number of ether oxygens (including phenoxy) is 3. The molecular formula is C18H17NO4. The molecule has 3 aromatic rings. The summed E-state index contributed by atoms with van der Waals surface area (Å²) in [7, 11) is 4.44. The van der Waals surface area contributed by atoms with Crippen LogP contribution in [0.3, 0.4) is 0 Å². The van der Waals surface area contributed by atoms with Crippen molar-refractivity contribution in [3.63, 3.8) is 0 Å². The molecule has 5 heteroatoms. The Kier molecular flexibility index (Phi) is 3.93. The highest BCUT2D eigenvalue weighted by Crippen LogP contribution is 2.36. The van der Waals surface area contributed by atoms with Crippen molar-refractivity contribution in [2.24, 2.45) is 0 Å². The summed E-state index contributed by atoms with van der Waals surface area (Å²) >= 11 is 0. The first-order chi connectivity index (χ1) is 11.2. The normalized spacial score (nSPS) is 10.6. The molecule has 1 aromatic heterocycles. The van der Waals surface area contributed by atoms with E-state index >= 15 is 0 Å². The van der Waals surface area contributed by atoms with Crippen LogP contribution in [0.4, 0.5) is 0 Å². The first kappa shape index (κ1) is 15.0. The summed E-state index contributed by atoms with van der Waals surface area (Å²) in [4.78, 5) is 15.5. The Morgan fingerprint density at radius 3 is 2.30 bits per heavy atom. The number of benzene rings is 2. The summed E-state index contributed by atoms with van der Waals surface area (Å²) < 4.78 is 15.5. The predicted molar refractivity (Wildman–Crippen MR) is 88.2 cm³/mol. The van der Waals surface area contributed by atoms with Gasteiger partial charge in [-0.25, -0.2) is 4.79 Å². The van der Waals surface area contributed by atoms with E-state index < -0.39 is 5.97 Å². The van der Waals surface area contributed by atoms with Crippen LogP contribution in [-0.2, 0) is 4.74 Å². The Morgan fingerprint density at radius 2 is 1.65 bits per heavy atom.